The second-order valence-corrected chi connectivity index (χ2v) is 4.48. The Morgan fingerprint density at radius 3 is 2.67 bits per heavy atom. The highest BCUT2D eigenvalue weighted by molar-refractivity contribution is 7.18. The summed E-state index contributed by atoms with van der Waals surface area (Å²) in [6, 6.07) is 10.2. The molecule has 0 amide bonds. The van der Waals surface area contributed by atoms with Gasteiger partial charge in [0.2, 0.25) is 0 Å². The first-order chi connectivity index (χ1) is 7.31. The average Bonchev–Trinajstić information content (AvgIpc) is 2.63. The number of nitrogen functional groups attached to an aromatic ring is 1. The fourth-order valence-electron chi connectivity index (χ4n) is 1.48. The predicted octanol–water partition coefficient (Wildman–Crippen LogP) is 3.34. The number of hydrogen-bond acceptors (Lipinski definition) is 3. The lowest BCUT2D eigenvalue weighted by molar-refractivity contribution is 0.896. The standard InChI is InChI=1S/C12H14N2S/c1-2-6-10-11(13)15-12(14-10)9-7-4-3-5-8-9/h3-5,7-8H,2,6,13H2,1H3. The van der Waals surface area contributed by atoms with E-state index in [9.17, 15) is 0 Å². The molecule has 2 nitrogen and oxygen atoms in total. The molecule has 3 heteroatoms. The first-order valence-electron chi connectivity index (χ1n) is 5.12. The fraction of sp³-hybridized carbons (Fsp3) is 0.250. The molecule has 2 rings (SSSR count). The summed E-state index contributed by atoms with van der Waals surface area (Å²) in [6.45, 7) is 2.14. The number of aromatic nitrogens is 1. The molecule has 2 N–H and O–H groups in total. The average molecular weight is 218 g/mol. The van der Waals surface area contributed by atoms with Crippen LogP contribution in [-0.2, 0) is 6.42 Å². The van der Waals surface area contributed by atoms with Crippen molar-refractivity contribution in [2.24, 2.45) is 0 Å². The zero-order valence-electron chi connectivity index (χ0n) is 8.73. The van der Waals surface area contributed by atoms with Gasteiger partial charge in [-0.1, -0.05) is 55.0 Å². The molecule has 0 spiro atoms. The third-order valence-corrected chi connectivity index (χ3v) is 3.21. The van der Waals surface area contributed by atoms with Gasteiger partial charge in [-0.2, -0.15) is 0 Å². The highest BCUT2D eigenvalue weighted by Gasteiger charge is 2.08. The van der Waals surface area contributed by atoms with Gasteiger partial charge in [0.05, 0.1) is 5.69 Å². The molecular weight excluding hydrogens is 204 g/mol. The lowest BCUT2D eigenvalue weighted by Crippen LogP contribution is -1.89. The number of aryl methyl sites for hydroxylation is 1. The quantitative estimate of drug-likeness (QED) is 0.858. The monoisotopic (exact) mass is 218 g/mol. The molecule has 0 aliphatic carbocycles. The van der Waals surface area contributed by atoms with Crippen molar-refractivity contribution >= 4 is 16.3 Å². The lowest BCUT2D eigenvalue weighted by Gasteiger charge is -1.93. The summed E-state index contributed by atoms with van der Waals surface area (Å²) in [7, 11) is 0. The number of rotatable bonds is 3. The molecule has 0 fully saturated rings. The zero-order valence-corrected chi connectivity index (χ0v) is 9.55. The lowest BCUT2D eigenvalue weighted by atomic mass is 10.2. The normalized spacial score (nSPS) is 10.5. The maximum atomic E-state index is 5.92. The van der Waals surface area contributed by atoms with Gasteiger partial charge in [-0.05, 0) is 6.42 Å². The van der Waals surface area contributed by atoms with E-state index in [1.54, 1.807) is 11.3 Å². The van der Waals surface area contributed by atoms with E-state index in [4.69, 9.17) is 5.73 Å². The number of thiazole rings is 1. The molecule has 2 aromatic rings. The number of hydrogen-bond donors (Lipinski definition) is 1. The van der Waals surface area contributed by atoms with E-state index in [0.29, 0.717) is 0 Å². The van der Waals surface area contributed by atoms with Gasteiger partial charge in [-0.25, -0.2) is 4.98 Å². The van der Waals surface area contributed by atoms with Crippen LogP contribution in [0.2, 0.25) is 0 Å². The maximum absolute atomic E-state index is 5.92. The second-order valence-electron chi connectivity index (χ2n) is 3.45. The Balaban J connectivity index is 2.34. The van der Waals surface area contributed by atoms with Crippen molar-refractivity contribution in [1.82, 2.24) is 4.98 Å². The van der Waals surface area contributed by atoms with Crippen molar-refractivity contribution in [3.05, 3.63) is 36.0 Å². The Bertz CT molecular complexity index is 434. The van der Waals surface area contributed by atoms with Gasteiger partial charge >= 0.3 is 0 Å². The van der Waals surface area contributed by atoms with Crippen molar-refractivity contribution in [3.63, 3.8) is 0 Å². The van der Waals surface area contributed by atoms with Gasteiger partial charge in [-0.15, -0.1) is 0 Å². The van der Waals surface area contributed by atoms with Crippen LogP contribution in [0.3, 0.4) is 0 Å². The number of nitrogens with two attached hydrogens (primary N) is 1. The summed E-state index contributed by atoms with van der Waals surface area (Å²) in [4.78, 5) is 4.56. The van der Waals surface area contributed by atoms with E-state index >= 15 is 0 Å². The van der Waals surface area contributed by atoms with Crippen LogP contribution in [0.4, 0.5) is 5.00 Å². The largest absolute Gasteiger partial charge is 0.389 e. The molecule has 1 aromatic heterocycles. The number of anilines is 1. The topological polar surface area (TPSA) is 38.9 Å². The van der Waals surface area contributed by atoms with Crippen LogP contribution in [0.1, 0.15) is 19.0 Å². The van der Waals surface area contributed by atoms with Crippen LogP contribution in [0.15, 0.2) is 30.3 Å². The minimum Gasteiger partial charge on any atom is -0.389 e. The molecule has 0 unspecified atom stereocenters. The Labute approximate surface area is 93.8 Å². The van der Waals surface area contributed by atoms with Crippen LogP contribution in [-0.4, -0.2) is 4.98 Å². The zero-order chi connectivity index (χ0) is 10.7. The van der Waals surface area contributed by atoms with Gasteiger partial charge in [0.15, 0.2) is 0 Å². The van der Waals surface area contributed by atoms with Crippen molar-refractivity contribution < 1.29 is 0 Å². The first kappa shape index (κ1) is 10.2. The molecule has 78 valence electrons. The van der Waals surface area contributed by atoms with Crippen LogP contribution in [0.5, 0.6) is 0 Å². The predicted molar refractivity (Wildman–Crippen MR) is 66.0 cm³/mol. The highest BCUT2D eigenvalue weighted by atomic mass is 32.1. The summed E-state index contributed by atoms with van der Waals surface area (Å²) in [6.07, 6.45) is 2.05. The van der Waals surface area contributed by atoms with Crippen LogP contribution >= 0.6 is 11.3 Å². The van der Waals surface area contributed by atoms with E-state index in [2.05, 4.69) is 24.0 Å². The molecule has 0 radical (unpaired) electrons. The summed E-state index contributed by atoms with van der Waals surface area (Å²) >= 11 is 1.57. The third-order valence-electron chi connectivity index (χ3n) is 2.24. The van der Waals surface area contributed by atoms with Crippen molar-refractivity contribution in [3.8, 4) is 10.6 Å². The van der Waals surface area contributed by atoms with Crippen molar-refractivity contribution in [2.45, 2.75) is 19.8 Å². The maximum Gasteiger partial charge on any atom is 0.125 e. The molecule has 1 heterocycles. The Morgan fingerprint density at radius 2 is 2.00 bits per heavy atom. The van der Waals surface area contributed by atoms with Gasteiger partial charge in [0.25, 0.3) is 0 Å². The molecule has 0 atom stereocenters. The minimum absolute atomic E-state index is 0.857. The number of nitrogens with zero attached hydrogens (tertiary/aromatic N) is 1. The van der Waals surface area contributed by atoms with Crippen molar-refractivity contribution in [2.75, 3.05) is 5.73 Å². The van der Waals surface area contributed by atoms with Gasteiger partial charge in [-0.3, -0.25) is 0 Å². The SMILES string of the molecule is CCCc1nc(-c2ccccc2)sc1N. The first-order valence-corrected chi connectivity index (χ1v) is 5.93. The highest BCUT2D eigenvalue weighted by Crippen LogP contribution is 2.30. The van der Waals surface area contributed by atoms with E-state index in [0.717, 1.165) is 34.1 Å². The molecule has 15 heavy (non-hydrogen) atoms. The molecular formula is C12H14N2S. The third kappa shape index (κ3) is 2.18. The molecule has 0 aliphatic rings. The molecule has 0 saturated heterocycles. The molecule has 0 bridgehead atoms. The Hall–Kier alpha value is -1.35. The Morgan fingerprint density at radius 1 is 1.27 bits per heavy atom. The smallest absolute Gasteiger partial charge is 0.125 e. The van der Waals surface area contributed by atoms with Crippen LogP contribution in [0, 0.1) is 0 Å². The van der Waals surface area contributed by atoms with E-state index in [1.165, 1.54) is 0 Å². The van der Waals surface area contributed by atoms with Gasteiger partial charge in [0.1, 0.15) is 10.0 Å². The molecule has 0 saturated carbocycles. The summed E-state index contributed by atoms with van der Waals surface area (Å²) in [5.74, 6) is 0. The summed E-state index contributed by atoms with van der Waals surface area (Å²) < 4.78 is 0. The van der Waals surface area contributed by atoms with E-state index in [1.807, 2.05) is 18.2 Å². The van der Waals surface area contributed by atoms with Crippen molar-refractivity contribution in [1.29, 1.82) is 0 Å². The molecule has 0 aliphatic heterocycles. The second kappa shape index (κ2) is 4.45. The fourth-order valence-corrected chi connectivity index (χ4v) is 2.37. The van der Waals surface area contributed by atoms with Gasteiger partial charge < -0.3 is 5.73 Å². The van der Waals surface area contributed by atoms with E-state index in [-0.39, 0.29) is 0 Å². The van der Waals surface area contributed by atoms with Crippen LogP contribution < -0.4 is 5.73 Å². The van der Waals surface area contributed by atoms with E-state index < -0.39 is 0 Å². The molecule has 1 aromatic carbocycles. The minimum atomic E-state index is 0.857. The summed E-state index contributed by atoms with van der Waals surface area (Å²) in [5, 5.41) is 1.88. The van der Waals surface area contributed by atoms with Crippen LogP contribution in [0.25, 0.3) is 10.6 Å². The number of benzene rings is 1. The Kier molecular flexibility index (Phi) is 3.02. The van der Waals surface area contributed by atoms with Gasteiger partial charge in [0, 0.05) is 5.56 Å². The summed E-state index contributed by atoms with van der Waals surface area (Å²) in [5.41, 5.74) is 8.11.